The van der Waals surface area contributed by atoms with Crippen LogP contribution in [0, 0.1) is 5.82 Å². The molecule has 1 saturated carbocycles. The second kappa shape index (κ2) is 11.1. The standard InChI is InChI=1S/C30H36FN5O5S/c1-29(2,3)40-27(38)34-19-10-8-7-9-18(19)33-25-23(31)17-15-36(28(39)41-30(4,5)6)26(37)22(17)24(35-25)21-13-16-14-32-12-11-20(16)42-21/h11-14,18-19H,7-10,15H2,1-6H3,(H,33,35)(H,34,38)/t18-,19+/m1/s1. The van der Waals surface area contributed by atoms with Crippen molar-refractivity contribution in [1.82, 2.24) is 20.2 Å². The Kier molecular flexibility index (Phi) is 7.86. The maximum Gasteiger partial charge on any atom is 0.417 e. The molecule has 0 aromatic carbocycles. The lowest BCUT2D eigenvalue weighted by Gasteiger charge is -2.34. The van der Waals surface area contributed by atoms with E-state index in [1.165, 1.54) is 11.3 Å². The molecule has 0 radical (unpaired) electrons. The van der Waals surface area contributed by atoms with E-state index in [9.17, 15) is 14.4 Å². The molecule has 2 N–H and O–H groups in total. The number of halogens is 1. The van der Waals surface area contributed by atoms with Crippen LogP contribution in [0.2, 0.25) is 0 Å². The van der Waals surface area contributed by atoms with Gasteiger partial charge >= 0.3 is 12.2 Å². The smallest absolute Gasteiger partial charge is 0.417 e. The van der Waals surface area contributed by atoms with Gasteiger partial charge < -0.3 is 20.1 Å². The van der Waals surface area contributed by atoms with Crippen LogP contribution in [0.1, 0.15) is 83.1 Å². The first-order valence-electron chi connectivity index (χ1n) is 14.1. The molecule has 10 nitrogen and oxygen atoms in total. The maximum absolute atomic E-state index is 16.2. The summed E-state index contributed by atoms with van der Waals surface area (Å²) in [5.74, 6) is -1.41. The molecule has 1 aliphatic carbocycles. The van der Waals surface area contributed by atoms with Crippen LogP contribution in [0.4, 0.5) is 19.8 Å². The summed E-state index contributed by atoms with van der Waals surface area (Å²) in [6.45, 7) is 10.2. The SMILES string of the molecule is CC(C)(C)OC(=O)N[C@H]1CCCC[C@H]1Nc1nc(-c2cc3cnccc3s2)c2c(c1F)CN(C(=O)OC(C)(C)C)C2=O. The molecule has 0 unspecified atom stereocenters. The van der Waals surface area contributed by atoms with E-state index in [4.69, 9.17) is 9.47 Å². The molecule has 1 aliphatic heterocycles. The molecule has 1 fully saturated rings. The van der Waals surface area contributed by atoms with E-state index in [0.29, 0.717) is 17.7 Å². The van der Waals surface area contributed by atoms with E-state index < -0.39 is 35.1 Å². The number of nitrogens with one attached hydrogen (secondary N) is 2. The lowest BCUT2D eigenvalue weighted by molar-refractivity contribution is 0.0247. The highest BCUT2D eigenvalue weighted by Crippen LogP contribution is 2.41. The fraction of sp³-hybridized carbons (Fsp3) is 0.500. The Balaban J connectivity index is 1.53. The summed E-state index contributed by atoms with van der Waals surface area (Å²) >= 11 is 1.40. The minimum Gasteiger partial charge on any atom is -0.444 e. The number of imide groups is 1. The zero-order chi connectivity index (χ0) is 30.4. The average molecular weight is 598 g/mol. The molecule has 0 spiro atoms. The number of pyridine rings is 2. The number of thiophene rings is 1. The molecule has 42 heavy (non-hydrogen) atoms. The summed E-state index contributed by atoms with van der Waals surface area (Å²) in [6, 6.07) is 3.07. The normalized spacial score (nSPS) is 19.0. The lowest BCUT2D eigenvalue weighted by atomic mass is 9.90. The van der Waals surface area contributed by atoms with Crippen LogP contribution in [-0.4, -0.2) is 56.2 Å². The van der Waals surface area contributed by atoms with E-state index >= 15 is 4.39 Å². The third-order valence-electron chi connectivity index (χ3n) is 6.96. The highest BCUT2D eigenvalue weighted by molar-refractivity contribution is 7.22. The molecular weight excluding hydrogens is 561 g/mol. The maximum atomic E-state index is 16.2. The highest BCUT2D eigenvalue weighted by atomic mass is 32.1. The van der Waals surface area contributed by atoms with Crippen molar-refractivity contribution in [3.05, 3.63) is 41.5 Å². The summed E-state index contributed by atoms with van der Waals surface area (Å²) in [7, 11) is 0. The number of amides is 3. The first kappa shape index (κ1) is 29.7. The summed E-state index contributed by atoms with van der Waals surface area (Å²) in [5.41, 5.74) is -1.11. The van der Waals surface area contributed by atoms with Gasteiger partial charge in [0.05, 0.1) is 28.7 Å². The van der Waals surface area contributed by atoms with Crippen molar-refractivity contribution >= 4 is 45.3 Å². The van der Waals surface area contributed by atoms with Crippen LogP contribution in [-0.2, 0) is 16.0 Å². The first-order chi connectivity index (χ1) is 19.7. The average Bonchev–Trinajstić information content (AvgIpc) is 3.46. The van der Waals surface area contributed by atoms with Gasteiger partial charge in [0, 0.05) is 34.1 Å². The number of hydrogen-bond acceptors (Lipinski definition) is 9. The molecule has 3 aromatic rings. The summed E-state index contributed by atoms with van der Waals surface area (Å²) in [6.07, 6.45) is 5.14. The van der Waals surface area contributed by atoms with Crippen LogP contribution in [0.5, 0.6) is 0 Å². The van der Waals surface area contributed by atoms with Crippen molar-refractivity contribution in [3.63, 3.8) is 0 Å². The number of hydrogen-bond donors (Lipinski definition) is 2. The van der Waals surface area contributed by atoms with Crippen molar-refractivity contribution in [2.24, 2.45) is 0 Å². The number of nitrogens with zero attached hydrogens (tertiary/aromatic N) is 3. The van der Waals surface area contributed by atoms with Gasteiger partial charge in [-0.15, -0.1) is 11.3 Å². The van der Waals surface area contributed by atoms with Crippen molar-refractivity contribution in [2.75, 3.05) is 5.32 Å². The highest BCUT2D eigenvalue weighted by Gasteiger charge is 2.41. The van der Waals surface area contributed by atoms with E-state index in [2.05, 4.69) is 20.6 Å². The van der Waals surface area contributed by atoms with E-state index in [1.54, 1.807) is 53.9 Å². The monoisotopic (exact) mass is 597 g/mol. The predicted molar refractivity (Wildman–Crippen MR) is 158 cm³/mol. The molecule has 3 amide bonds. The van der Waals surface area contributed by atoms with Gasteiger partial charge in [-0.25, -0.2) is 23.9 Å². The Bertz CT molecular complexity index is 1510. The molecule has 224 valence electrons. The summed E-state index contributed by atoms with van der Waals surface area (Å²) < 4.78 is 28.0. The molecule has 4 heterocycles. The molecule has 0 bridgehead atoms. The minimum absolute atomic E-state index is 0.0375. The van der Waals surface area contributed by atoms with E-state index in [-0.39, 0.29) is 41.3 Å². The van der Waals surface area contributed by atoms with Gasteiger partial charge in [0.1, 0.15) is 11.2 Å². The Hall–Kier alpha value is -3.80. The van der Waals surface area contributed by atoms with Crippen molar-refractivity contribution in [1.29, 1.82) is 0 Å². The van der Waals surface area contributed by atoms with Crippen LogP contribution >= 0.6 is 11.3 Å². The number of anilines is 1. The van der Waals surface area contributed by atoms with Crippen molar-refractivity contribution < 1.29 is 28.2 Å². The molecule has 12 heteroatoms. The topological polar surface area (TPSA) is 123 Å². The van der Waals surface area contributed by atoms with Crippen molar-refractivity contribution in [3.8, 4) is 10.6 Å². The Morgan fingerprint density at radius 2 is 1.76 bits per heavy atom. The molecule has 3 aromatic heterocycles. The molecular formula is C30H36FN5O5S. The molecule has 5 rings (SSSR count). The second-order valence-corrected chi connectivity index (χ2v) is 13.7. The third-order valence-corrected chi connectivity index (χ3v) is 8.09. The van der Waals surface area contributed by atoms with Gasteiger partial charge in [-0.3, -0.25) is 9.78 Å². The van der Waals surface area contributed by atoms with Crippen LogP contribution in [0.3, 0.4) is 0 Å². The van der Waals surface area contributed by atoms with Crippen LogP contribution in [0.15, 0.2) is 24.5 Å². The molecule has 2 aliphatic rings. The number of carbonyl (C=O) groups is 3. The fourth-order valence-corrected chi connectivity index (χ4v) is 6.23. The zero-order valence-electron chi connectivity index (χ0n) is 24.7. The first-order valence-corrected chi connectivity index (χ1v) is 14.9. The molecule has 0 saturated heterocycles. The quantitative estimate of drug-likeness (QED) is 0.343. The number of rotatable bonds is 4. The van der Waals surface area contributed by atoms with Gasteiger partial charge in [0.25, 0.3) is 5.91 Å². The third kappa shape index (κ3) is 6.33. The lowest BCUT2D eigenvalue weighted by Crippen LogP contribution is -2.50. The number of alkyl carbamates (subject to hydrolysis) is 1. The fourth-order valence-electron chi connectivity index (χ4n) is 5.21. The van der Waals surface area contributed by atoms with Crippen LogP contribution < -0.4 is 10.6 Å². The van der Waals surface area contributed by atoms with Crippen molar-refractivity contribution in [2.45, 2.75) is 97.1 Å². The number of aromatic nitrogens is 2. The van der Waals surface area contributed by atoms with E-state index in [0.717, 1.165) is 27.8 Å². The van der Waals surface area contributed by atoms with Crippen LogP contribution in [0.25, 0.3) is 20.7 Å². The summed E-state index contributed by atoms with van der Waals surface area (Å²) in [4.78, 5) is 49.5. The van der Waals surface area contributed by atoms with Gasteiger partial charge in [-0.1, -0.05) is 12.8 Å². The number of ether oxygens (including phenoxy) is 2. The Labute approximate surface area is 248 Å². The minimum atomic E-state index is -0.849. The predicted octanol–water partition coefficient (Wildman–Crippen LogP) is 6.64. The van der Waals surface area contributed by atoms with E-state index in [1.807, 2.05) is 12.1 Å². The second-order valence-electron chi connectivity index (χ2n) is 12.7. The van der Waals surface area contributed by atoms with Gasteiger partial charge in [0.2, 0.25) is 0 Å². The van der Waals surface area contributed by atoms with Gasteiger partial charge in [-0.05, 0) is 66.5 Å². The number of carbonyl (C=O) groups excluding carboxylic acids is 3. The van der Waals surface area contributed by atoms with Gasteiger partial charge in [-0.2, -0.15) is 0 Å². The largest absolute Gasteiger partial charge is 0.444 e. The van der Waals surface area contributed by atoms with Gasteiger partial charge in [0.15, 0.2) is 11.6 Å². The molecule has 2 atom stereocenters. The zero-order valence-corrected chi connectivity index (χ0v) is 25.5. The summed E-state index contributed by atoms with van der Waals surface area (Å²) in [5, 5.41) is 7.01. The number of fused-ring (bicyclic) bond motifs is 2. The Morgan fingerprint density at radius 1 is 1.07 bits per heavy atom. The Morgan fingerprint density at radius 3 is 2.43 bits per heavy atom.